The fourth-order valence-electron chi connectivity index (χ4n) is 3.04. The number of primary amides is 1. The molecule has 1 heterocycles. The van der Waals surface area contributed by atoms with Gasteiger partial charge in [0.25, 0.3) is 16.1 Å². The largest absolute Gasteiger partial charge is 0.366 e. The van der Waals surface area contributed by atoms with Gasteiger partial charge in [0.15, 0.2) is 23.3 Å². The normalized spacial score (nSPS) is 11.1. The van der Waals surface area contributed by atoms with Gasteiger partial charge in [0.1, 0.15) is 5.82 Å². The number of hydrogen-bond donors (Lipinski definition) is 4. The third kappa shape index (κ3) is 5.51. The second-order valence-corrected chi connectivity index (χ2v) is 8.65. The first-order valence-electron chi connectivity index (χ1n) is 9.66. The van der Waals surface area contributed by atoms with Crippen LogP contribution in [0.1, 0.15) is 27.0 Å². The number of nitrogens with two attached hydrogens (primary N) is 1. The molecule has 0 unspecified atom stereocenters. The molecule has 0 aliphatic rings. The molecular weight excluding hydrogens is 490 g/mol. The molecule has 0 bridgehead atoms. The first kappa shape index (κ1) is 25.5. The lowest BCUT2D eigenvalue weighted by Gasteiger charge is -2.16. The van der Waals surface area contributed by atoms with Crippen LogP contribution in [0.15, 0.2) is 36.5 Å². The number of nitrogens with zero attached hydrogens (tertiary/aromatic N) is 1. The minimum Gasteiger partial charge on any atom is -0.366 e. The predicted molar refractivity (Wildman–Crippen MR) is 121 cm³/mol. The molecule has 35 heavy (non-hydrogen) atoms. The van der Waals surface area contributed by atoms with Gasteiger partial charge < -0.3 is 11.1 Å². The Morgan fingerprint density at radius 1 is 1.09 bits per heavy atom. The Kier molecular flexibility index (Phi) is 7.28. The van der Waals surface area contributed by atoms with Crippen molar-refractivity contribution in [3.05, 3.63) is 82.1 Å². The molecule has 8 nitrogen and oxygen atoms in total. The number of benzene rings is 2. The lowest BCUT2D eigenvalue weighted by molar-refractivity contribution is 0.100. The first-order chi connectivity index (χ1) is 16.5. The summed E-state index contributed by atoms with van der Waals surface area (Å²) in [4.78, 5) is 15.6. The number of rotatable bonds is 8. The van der Waals surface area contributed by atoms with Crippen molar-refractivity contribution in [1.29, 1.82) is 0 Å². The molecular formula is C22H17F4N5O3S. The SMILES string of the molecule is C#Cc1ccc(Nc2c(C(N)=O)cc(Cc3ccnc(NS(=O)(=O)NC)c3F)c(F)c2F)c(F)c1. The van der Waals surface area contributed by atoms with E-state index in [1.54, 1.807) is 0 Å². The van der Waals surface area contributed by atoms with Gasteiger partial charge in [0, 0.05) is 25.2 Å². The third-order valence-corrected chi connectivity index (χ3v) is 5.79. The van der Waals surface area contributed by atoms with E-state index in [4.69, 9.17) is 12.2 Å². The molecule has 182 valence electrons. The standard InChI is InChI=1S/C22H17F4N5O3S/c1-3-11-4-5-16(15(23)8-11)30-20-14(21(27)32)10-13(17(24)19(20)26)9-12-6-7-29-22(18(12)25)31-35(33,34)28-2/h1,4-8,10,28,30H,9H2,2H3,(H2,27,32)(H,29,31). The van der Waals surface area contributed by atoms with Crippen molar-refractivity contribution in [2.24, 2.45) is 5.73 Å². The number of nitrogens with one attached hydrogen (secondary N) is 3. The van der Waals surface area contributed by atoms with Gasteiger partial charge in [-0.2, -0.15) is 8.42 Å². The Hall–Kier alpha value is -4.15. The van der Waals surface area contributed by atoms with Crippen LogP contribution in [0.4, 0.5) is 34.8 Å². The highest BCUT2D eigenvalue weighted by atomic mass is 32.2. The van der Waals surface area contributed by atoms with Gasteiger partial charge in [0.2, 0.25) is 0 Å². The van der Waals surface area contributed by atoms with Gasteiger partial charge in [-0.15, -0.1) is 6.42 Å². The van der Waals surface area contributed by atoms with Gasteiger partial charge >= 0.3 is 0 Å². The molecule has 3 rings (SSSR count). The number of halogens is 4. The van der Waals surface area contributed by atoms with Crippen LogP contribution in [-0.2, 0) is 16.6 Å². The number of hydrogen-bond acceptors (Lipinski definition) is 5. The summed E-state index contributed by atoms with van der Waals surface area (Å²) in [6, 6.07) is 5.47. The summed E-state index contributed by atoms with van der Waals surface area (Å²) in [5.74, 6) is -4.72. The smallest absolute Gasteiger partial charge is 0.300 e. The van der Waals surface area contributed by atoms with Crippen LogP contribution >= 0.6 is 0 Å². The van der Waals surface area contributed by atoms with E-state index in [2.05, 4.69) is 16.2 Å². The molecule has 13 heteroatoms. The van der Waals surface area contributed by atoms with Crippen LogP contribution in [0.5, 0.6) is 0 Å². The zero-order valence-corrected chi connectivity index (χ0v) is 18.7. The summed E-state index contributed by atoms with van der Waals surface area (Å²) in [5, 5.41) is 2.30. The summed E-state index contributed by atoms with van der Waals surface area (Å²) in [5.41, 5.74) is 3.20. The Labute approximate surface area is 197 Å². The number of carbonyl (C=O) groups is 1. The van der Waals surface area contributed by atoms with E-state index in [-0.39, 0.29) is 16.8 Å². The van der Waals surface area contributed by atoms with Gasteiger partial charge in [-0.25, -0.2) is 27.3 Å². The van der Waals surface area contributed by atoms with E-state index in [9.17, 15) is 30.8 Å². The molecule has 1 aromatic heterocycles. The first-order valence-corrected chi connectivity index (χ1v) is 11.1. The number of terminal acetylenes is 1. The summed E-state index contributed by atoms with van der Waals surface area (Å²) in [7, 11) is -3.03. The van der Waals surface area contributed by atoms with E-state index in [0.29, 0.717) is 0 Å². The molecule has 2 aromatic carbocycles. The maximum absolute atomic E-state index is 15.0. The van der Waals surface area contributed by atoms with E-state index in [0.717, 1.165) is 31.4 Å². The number of anilines is 3. The van der Waals surface area contributed by atoms with Gasteiger partial charge in [-0.1, -0.05) is 5.92 Å². The lowest BCUT2D eigenvalue weighted by Crippen LogP contribution is -2.27. The van der Waals surface area contributed by atoms with Crippen molar-refractivity contribution in [2.45, 2.75) is 6.42 Å². The minimum atomic E-state index is -4.11. The number of pyridine rings is 1. The summed E-state index contributed by atoms with van der Waals surface area (Å²) < 4.78 is 86.0. The fraction of sp³-hybridized carbons (Fsp3) is 0.0909. The highest BCUT2D eigenvalue weighted by Gasteiger charge is 2.24. The van der Waals surface area contributed by atoms with Crippen molar-refractivity contribution < 1.29 is 30.8 Å². The van der Waals surface area contributed by atoms with E-state index < -0.39 is 68.4 Å². The number of aromatic nitrogens is 1. The molecule has 0 atom stereocenters. The topological polar surface area (TPSA) is 126 Å². The van der Waals surface area contributed by atoms with Crippen LogP contribution in [0.2, 0.25) is 0 Å². The second kappa shape index (κ2) is 10.00. The Balaban J connectivity index is 2.04. The van der Waals surface area contributed by atoms with Crippen molar-refractivity contribution >= 4 is 33.3 Å². The predicted octanol–water partition coefficient (Wildman–Crippen LogP) is 2.93. The zero-order chi connectivity index (χ0) is 25.9. The molecule has 0 spiro atoms. The van der Waals surface area contributed by atoms with Crippen LogP contribution in [0, 0.1) is 35.6 Å². The highest BCUT2D eigenvalue weighted by molar-refractivity contribution is 7.90. The van der Waals surface area contributed by atoms with Gasteiger partial charge in [0.05, 0.1) is 16.9 Å². The van der Waals surface area contributed by atoms with Crippen molar-refractivity contribution in [2.75, 3.05) is 17.1 Å². The Bertz CT molecular complexity index is 1470. The van der Waals surface area contributed by atoms with E-state index in [1.165, 1.54) is 12.1 Å². The van der Waals surface area contributed by atoms with Crippen LogP contribution in [-0.4, -0.2) is 26.4 Å². The van der Waals surface area contributed by atoms with Gasteiger partial charge in [-0.3, -0.25) is 9.52 Å². The minimum absolute atomic E-state index is 0.195. The average molecular weight is 507 g/mol. The third-order valence-electron chi connectivity index (χ3n) is 4.79. The Morgan fingerprint density at radius 2 is 1.80 bits per heavy atom. The van der Waals surface area contributed by atoms with Crippen molar-refractivity contribution in [1.82, 2.24) is 9.71 Å². The molecule has 0 saturated heterocycles. The van der Waals surface area contributed by atoms with Crippen LogP contribution in [0.3, 0.4) is 0 Å². The van der Waals surface area contributed by atoms with Crippen molar-refractivity contribution in [3.63, 3.8) is 0 Å². The monoisotopic (exact) mass is 507 g/mol. The molecule has 0 aliphatic heterocycles. The second-order valence-electron chi connectivity index (χ2n) is 7.03. The fourth-order valence-corrected chi connectivity index (χ4v) is 3.54. The van der Waals surface area contributed by atoms with Gasteiger partial charge in [-0.05, 0) is 41.5 Å². The molecule has 0 saturated carbocycles. The van der Waals surface area contributed by atoms with Crippen LogP contribution < -0.4 is 20.5 Å². The van der Waals surface area contributed by atoms with Crippen LogP contribution in [0.25, 0.3) is 0 Å². The molecule has 0 radical (unpaired) electrons. The quantitative estimate of drug-likeness (QED) is 0.276. The maximum atomic E-state index is 15.0. The zero-order valence-electron chi connectivity index (χ0n) is 17.9. The van der Waals surface area contributed by atoms with E-state index in [1.807, 2.05) is 9.44 Å². The Morgan fingerprint density at radius 3 is 2.40 bits per heavy atom. The number of carbonyl (C=O) groups excluding carboxylic acids is 1. The van der Waals surface area contributed by atoms with E-state index >= 15 is 0 Å². The van der Waals surface area contributed by atoms with Crippen molar-refractivity contribution in [3.8, 4) is 12.3 Å². The molecule has 1 amide bonds. The summed E-state index contributed by atoms with van der Waals surface area (Å²) in [6.45, 7) is 0. The molecule has 0 fully saturated rings. The lowest BCUT2D eigenvalue weighted by atomic mass is 10.00. The maximum Gasteiger partial charge on any atom is 0.300 e. The molecule has 3 aromatic rings. The summed E-state index contributed by atoms with van der Waals surface area (Å²) >= 11 is 0. The number of amides is 1. The average Bonchev–Trinajstić information content (AvgIpc) is 2.81. The molecule has 5 N–H and O–H groups in total. The molecule has 0 aliphatic carbocycles. The highest BCUT2D eigenvalue weighted by Crippen LogP contribution is 2.31. The summed E-state index contributed by atoms with van der Waals surface area (Å²) in [6.07, 6.45) is 5.64.